The number of phosphoric ester groups is 3. The van der Waals surface area contributed by atoms with Gasteiger partial charge in [-0.1, -0.05) is 76.3 Å². The number of aromatic nitrogens is 4. The van der Waals surface area contributed by atoms with Gasteiger partial charge in [-0.2, -0.15) is 4.31 Å². The van der Waals surface area contributed by atoms with E-state index in [0.717, 1.165) is 93.1 Å². The Morgan fingerprint density at radius 1 is 0.882 bits per heavy atom. The Morgan fingerprint density at radius 2 is 1.50 bits per heavy atom. The fourth-order valence-corrected chi connectivity index (χ4v) is 10.2. The number of nitrogens with zero attached hydrogens (tertiary/aromatic N) is 4. The van der Waals surface area contributed by atoms with E-state index in [9.17, 15) is 62.7 Å². The average Bonchev–Trinajstić information content (AvgIpc) is 3.83. The summed E-state index contributed by atoms with van der Waals surface area (Å²) in [6, 6.07) is 0. The van der Waals surface area contributed by atoms with Crippen LogP contribution in [0.4, 0.5) is 5.82 Å². The van der Waals surface area contributed by atoms with E-state index >= 15 is 0 Å². The molecule has 7 atom stereocenters. The minimum Gasteiger partial charge on any atom is -0.386 e. The summed E-state index contributed by atoms with van der Waals surface area (Å²) in [4.78, 5) is 98.7. The summed E-state index contributed by atoms with van der Waals surface area (Å²) >= 11 is 1.13. The van der Waals surface area contributed by atoms with E-state index in [1.54, 1.807) is 0 Å². The number of aldehydes is 1. The first-order valence-corrected chi connectivity index (χ1v) is 27.7. The number of aliphatic hydroxyl groups excluding tert-OH is 2. The second kappa shape index (κ2) is 29.3. The van der Waals surface area contributed by atoms with Gasteiger partial charge in [0.1, 0.15) is 42.5 Å². The van der Waals surface area contributed by atoms with Crippen molar-refractivity contribution in [3.05, 3.63) is 24.8 Å². The molecule has 1 aliphatic rings. The van der Waals surface area contributed by atoms with Crippen molar-refractivity contribution in [2.24, 2.45) is 5.41 Å². The van der Waals surface area contributed by atoms with Crippen LogP contribution >= 0.6 is 35.2 Å². The Bertz CT molecular complexity index is 2090. The normalized spacial score (nSPS) is 20.0. The highest BCUT2D eigenvalue weighted by Crippen LogP contribution is 2.61. The van der Waals surface area contributed by atoms with Crippen LogP contribution in [0.25, 0.3) is 11.2 Å². The van der Waals surface area contributed by atoms with Crippen LogP contribution in [-0.2, 0) is 55.5 Å². The highest BCUT2D eigenvalue weighted by molar-refractivity contribution is 8.13. The number of carbonyl (C=O) groups is 4. The lowest BCUT2D eigenvalue weighted by Gasteiger charge is -2.30. The van der Waals surface area contributed by atoms with E-state index < -0.39 is 84.6 Å². The van der Waals surface area contributed by atoms with Crippen LogP contribution in [0.1, 0.15) is 116 Å². The first-order chi connectivity index (χ1) is 32.1. The second-order valence-corrected chi connectivity index (χ2v) is 22.0. The van der Waals surface area contributed by atoms with Crippen LogP contribution in [0.3, 0.4) is 0 Å². The maximum atomic E-state index is 12.7. The molecule has 386 valence electrons. The number of allylic oxidation sites excluding steroid dienone is 2. The number of aliphatic hydroxyl groups is 2. The summed E-state index contributed by atoms with van der Waals surface area (Å²) in [5, 5.41) is 26.6. The van der Waals surface area contributed by atoms with E-state index in [0.29, 0.717) is 18.6 Å². The zero-order valence-electron chi connectivity index (χ0n) is 38.1. The SMILES string of the molecule is CC(C)(COP(=O)(O)OP(=O)(O)OC[C@H]1O[C@@H](n2cnc3c(N)ncnc32)[C@H](O)[C@@H]1OP(=O)(O)O)C(O)C(=O)NCCC(=O)NCCSC(=O)CCCCCCC/C=C\CCCCCCCC=O. The number of phosphoric acid groups is 3. The van der Waals surface area contributed by atoms with Crippen LogP contribution in [0, 0.1) is 5.41 Å². The first-order valence-electron chi connectivity index (χ1n) is 22.2. The molecule has 0 spiro atoms. The number of rotatable bonds is 35. The second-order valence-electron chi connectivity index (χ2n) is 16.6. The molecule has 0 radical (unpaired) electrons. The molecule has 3 heterocycles. The first kappa shape index (κ1) is 59.3. The standard InChI is InChI=1S/C39H66N7O18P3S/c1-39(2,34(51)37(52)42-20-19-29(48)41-21-23-68-30(49)18-16-14-12-10-8-6-4-3-5-7-9-11-13-15-17-22-47)25-61-67(58,59)64-66(56,57)60-24-28-33(63-65(53,54)55)32(50)38(62-28)46-27-45-31-35(40)43-26-44-36(31)46/h3-4,22,26-28,32-34,38,50-51H,5-21,23-25H2,1-2H3,(H,41,48)(H,42,52)(H,56,57)(H,58,59)(H2,40,43,44)(H2,53,54,55)/b4-3-/t28-,32-,33-,34?,38-/m1/s1. The Hall–Kier alpha value is -3.03. The topological polar surface area (TPSA) is 381 Å². The quantitative estimate of drug-likeness (QED) is 0.0205. The molecule has 1 aliphatic heterocycles. The van der Waals surface area contributed by atoms with Crippen LogP contribution in [0.15, 0.2) is 24.8 Å². The van der Waals surface area contributed by atoms with Gasteiger partial charge >= 0.3 is 23.5 Å². The Balaban J connectivity index is 1.29. The summed E-state index contributed by atoms with van der Waals surface area (Å²) in [5.74, 6) is -1.06. The predicted octanol–water partition coefficient (Wildman–Crippen LogP) is 3.88. The molecule has 1 fully saturated rings. The Kier molecular flexibility index (Phi) is 25.6. The molecular weight excluding hydrogens is 979 g/mol. The maximum Gasteiger partial charge on any atom is 0.481 e. The van der Waals surface area contributed by atoms with Gasteiger partial charge in [0.05, 0.1) is 19.5 Å². The Morgan fingerprint density at radius 3 is 2.15 bits per heavy atom. The number of ether oxygens (including phenoxy) is 1. The molecule has 1 saturated heterocycles. The number of imidazole rings is 1. The summed E-state index contributed by atoms with van der Waals surface area (Å²) < 4.78 is 62.4. The van der Waals surface area contributed by atoms with Gasteiger partial charge in [-0.25, -0.2) is 28.6 Å². The zero-order valence-corrected chi connectivity index (χ0v) is 41.6. The number of nitrogens with one attached hydrogen (secondary N) is 2. The number of amides is 2. The number of hydrogen-bond acceptors (Lipinski definition) is 19. The molecule has 68 heavy (non-hydrogen) atoms. The van der Waals surface area contributed by atoms with E-state index in [2.05, 4.69) is 46.6 Å². The van der Waals surface area contributed by atoms with Gasteiger partial charge in [-0.05, 0) is 38.5 Å². The largest absolute Gasteiger partial charge is 0.481 e. The number of nitrogen functional groups attached to an aromatic ring is 1. The van der Waals surface area contributed by atoms with Crippen LogP contribution in [0.2, 0.25) is 0 Å². The third-order valence-corrected chi connectivity index (χ3v) is 14.4. The molecule has 0 aliphatic carbocycles. The number of carbonyl (C=O) groups excluding carboxylic acids is 4. The van der Waals surface area contributed by atoms with Crippen molar-refractivity contribution < 1.29 is 85.3 Å². The molecule has 3 unspecified atom stereocenters. The van der Waals surface area contributed by atoms with Crippen LogP contribution in [0.5, 0.6) is 0 Å². The lowest BCUT2D eigenvalue weighted by atomic mass is 9.87. The van der Waals surface area contributed by atoms with Gasteiger partial charge in [0.15, 0.2) is 22.8 Å². The van der Waals surface area contributed by atoms with Gasteiger partial charge in [0.25, 0.3) is 0 Å². The van der Waals surface area contributed by atoms with Crippen molar-refractivity contribution >= 4 is 75.4 Å². The third-order valence-electron chi connectivity index (χ3n) is 10.4. The molecule has 10 N–H and O–H groups in total. The number of unbranched alkanes of at least 4 members (excludes halogenated alkanes) is 11. The van der Waals surface area contributed by atoms with Gasteiger partial charge in [0.2, 0.25) is 11.8 Å². The van der Waals surface area contributed by atoms with E-state index in [-0.39, 0.29) is 41.6 Å². The van der Waals surface area contributed by atoms with Gasteiger partial charge < -0.3 is 55.7 Å². The van der Waals surface area contributed by atoms with Gasteiger partial charge in [-0.3, -0.25) is 32.5 Å². The fraction of sp³-hybridized carbons (Fsp3) is 0.718. The van der Waals surface area contributed by atoms with Crippen molar-refractivity contribution in [2.45, 2.75) is 141 Å². The number of anilines is 1. The van der Waals surface area contributed by atoms with Crippen molar-refractivity contribution in [2.75, 3.05) is 37.8 Å². The molecule has 2 aromatic heterocycles. The van der Waals surface area contributed by atoms with Crippen molar-refractivity contribution in [3.8, 4) is 0 Å². The monoisotopic (exact) mass is 1050 g/mol. The van der Waals surface area contributed by atoms with Crippen molar-refractivity contribution in [3.63, 3.8) is 0 Å². The molecule has 0 saturated carbocycles. The third kappa shape index (κ3) is 21.9. The molecular formula is C39H66N7O18P3S. The minimum absolute atomic E-state index is 0.0300. The lowest BCUT2D eigenvalue weighted by Crippen LogP contribution is -2.46. The highest BCUT2D eigenvalue weighted by atomic mass is 32.2. The smallest absolute Gasteiger partial charge is 0.386 e. The predicted molar refractivity (Wildman–Crippen MR) is 247 cm³/mol. The zero-order chi connectivity index (χ0) is 50.4. The van der Waals surface area contributed by atoms with Crippen molar-refractivity contribution in [1.82, 2.24) is 30.2 Å². The summed E-state index contributed by atoms with van der Waals surface area (Å²) in [6.07, 6.45) is 12.5. The molecule has 3 rings (SSSR count). The Labute approximate surface area is 398 Å². The lowest BCUT2D eigenvalue weighted by molar-refractivity contribution is -0.137. The summed E-state index contributed by atoms with van der Waals surface area (Å²) in [7, 11) is -16.4. The number of nitrogens with two attached hydrogens (primary N) is 1. The summed E-state index contributed by atoms with van der Waals surface area (Å²) in [5.41, 5.74) is 4.27. The average molecular weight is 1050 g/mol. The molecule has 25 nitrogen and oxygen atoms in total. The maximum absolute atomic E-state index is 12.7. The fourth-order valence-electron chi connectivity index (χ4n) is 6.68. The van der Waals surface area contributed by atoms with Crippen LogP contribution in [-0.4, -0.2) is 129 Å². The van der Waals surface area contributed by atoms with Crippen LogP contribution < -0.4 is 16.4 Å². The number of thioether (sulfide) groups is 1. The minimum atomic E-state index is -5.58. The molecule has 0 bridgehead atoms. The molecule has 2 amide bonds. The molecule has 29 heteroatoms. The molecule has 2 aromatic rings. The number of fused-ring (bicyclic) bond motifs is 1. The highest BCUT2D eigenvalue weighted by Gasteiger charge is 2.50. The van der Waals surface area contributed by atoms with E-state index in [4.69, 9.17) is 19.5 Å². The van der Waals surface area contributed by atoms with Gasteiger partial charge in [-0.15, -0.1) is 0 Å². The number of hydrogen-bond donors (Lipinski definition) is 9. The van der Waals surface area contributed by atoms with E-state index in [1.165, 1.54) is 33.1 Å². The van der Waals surface area contributed by atoms with Crippen molar-refractivity contribution in [1.29, 1.82) is 0 Å². The molecule has 0 aromatic carbocycles. The summed E-state index contributed by atoms with van der Waals surface area (Å²) in [6.45, 7) is 0.528. The van der Waals surface area contributed by atoms with Gasteiger partial charge in [0, 0.05) is 43.5 Å². The van der Waals surface area contributed by atoms with E-state index in [1.807, 2.05) is 0 Å².